The van der Waals surface area contributed by atoms with Crippen molar-refractivity contribution < 1.29 is 0 Å². The zero-order chi connectivity index (χ0) is 6.08. The van der Waals surface area contributed by atoms with Gasteiger partial charge < -0.3 is 0 Å². The van der Waals surface area contributed by atoms with Gasteiger partial charge in [-0.05, 0) is 37.4 Å². The van der Waals surface area contributed by atoms with E-state index in [9.17, 15) is 0 Å². The molecular formula is C3H6Cl3N. The predicted octanol–water partition coefficient (Wildman–Crippen LogP) is 2.57. The molecule has 44 valence electrons. The van der Waals surface area contributed by atoms with Crippen LogP contribution in [0.5, 0.6) is 0 Å². The van der Waals surface area contributed by atoms with Crippen LogP contribution in [0.2, 0.25) is 0 Å². The lowest BCUT2D eigenvalue weighted by Crippen LogP contribution is -2.22. The van der Waals surface area contributed by atoms with Gasteiger partial charge in [0.05, 0.1) is 0 Å². The van der Waals surface area contributed by atoms with Gasteiger partial charge in [0.2, 0.25) is 0 Å². The SMILES string of the molecule is CC(C)(Cl)N(Cl)Cl. The fourth-order valence-electron chi connectivity index (χ4n) is 0. The molecule has 0 unspecified atom stereocenters. The molecule has 0 fully saturated rings. The highest BCUT2D eigenvalue weighted by Gasteiger charge is 2.19. The third-order valence-electron chi connectivity index (χ3n) is 0.402. The minimum absolute atomic E-state index is 0.664. The van der Waals surface area contributed by atoms with Crippen LogP contribution < -0.4 is 0 Å². The minimum Gasteiger partial charge on any atom is -0.111 e. The highest BCUT2D eigenvalue weighted by Crippen LogP contribution is 2.22. The second-order valence-electron chi connectivity index (χ2n) is 1.64. The zero-order valence-corrected chi connectivity index (χ0v) is 6.35. The van der Waals surface area contributed by atoms with Crippen molar-refractivity contribution in [3.63, 3.8) is 0 Å². The van der Waals surface area contributed by atoms with Crippen molar-refractivity contribution in [1.82, 2.24) is 3.94 Å². The van der Waals surface area contributed by atoms with E-state index in [1.54, 1.807) is 13.8 Å². The summed E-state index contributed by atoms with van der Waals surface area (Å²) in [6.07, 6.45) is 0. The van der Waals surface area contributed by atoms with Crippen molar-refractivity contribution >= 4 is 35.2 Å². The van der Waals surface area contributed by atoms with Crippen LogP contribution in [0.15, 0.2) is 0 Å². The molecule has 0 aliphatic heterocycles. The van der Waals surface area contributed by atoms with E-state index in [1.807, 2.05) is 0 Å². The molecule has 0 radical (unpaired) electrons. The Hall–Kier alpha value is 0.830. The number of halogens is 3. The highest BCUT2D eigenvalue weighted by molar-refractivity contribution is 6.39. The summed E-state index contributed by atoms with van der Waals surface area (Å²) in [7, 11) is 0. The Balaban J connectivity index is 3.54. The first-order chi connectivity index (χ1) is 2.94. The lowest BCUT2D eigenvalue weighted by molar-refractivity contribution is 0.505. The van der Waals surface area contributed by atoms with Crippen LogP contribution in [0.3, 0.4) is 0 Å². The maximum absolute atomic E-state index is 5.53. The summed E-state index contributed by atoms with van der Waals surface area (Å²) < 4.78 is 0.897. The first kappa shape index (κ1) is 7.83. The summed E-state index contributed by atoms with van der Waals surface area (Å²) >= 11 is 16.0. The lowest BCUT2D eigenvalue weighted by Gasteiger charge is -2.17. The molecule has 0 aromatic rings. The summed E-state index contributed by atoms with van der Waals surface area (Å²) in [6.45, 7) is 3.38. The number of alkyl halides is 1. The van der Waals surface area contributed by atoms with Gasteiger partial charge in [-0.2, -0.15) is 0 Å². The Kier molecular flexibility index (Phi) is 2.69. The van der Waals surface area contributed by atoms with Crippen molar-refractivity contribution in [2.45, 2.75) is 18.8 Å². The molecule has 0 amide bonds. The number of nitrogens with zero attached hydrogens (tertiary/aromatic N) is 1. The van der Waals surface area contributed by atoms with Gasteiger partial charge in [-0.25, -0.2) is 0 Å². The number of hydrogen-bond acceptors (Lipinski definition) is 1. The van der Waals surface area contributed by atoms with Crippen LogP contribution in [-0.4, -0.2) is 8.94 Å². The quantitative estimate of drug-likeness (QED) is 0.325. The van der Waals surface area contributed by atoms with Gasteiger partial charge in [0, 0.05) is 0 Å². The minimum atomic E-state index is -0.664. The van der Waals surface area contributed by atoms with Crippen molar-refractivity contribution in [1.29, 1.82) is 0 Å². The highest BCUT2D eigenvalue weighted by atomic mass is 35.5. The molecule has 0 atom stereocenters. The Morgan fingerprint density at radius 2 is 1.43 bits per heavy atom. The largest absolute Gasteiger partial charge is 0.120 e. The van der Waals surface area contributed by atoms with Gasteiger partial charge in [0.1, 0.15) is 5.00 Å². The summed E-state index contributed by atoms with van der Waals surface area (Å²) in [5, 5.41) is 0. The summed E-state index contributed by atoms with van der Waals surface area (Å²) in [5.41, 5.74) is 0. The Bertz CT molecular complexity index is 55.7. The molecule has 0 aromatic carbocycles. The third-order valence-corrected chi connectivity index (χ3v) is 1.59. The van der Waals surface area contributed by atoms with Crippen LogP contribution >= 0.6 is 35.2 Å². The molecule has 0 bridgehead atoms. The van der Waals surface area contributed by atoms with Gasteiger partial charge in [0.25, 0.3) is 0 Å². The molecule has 1 nitrogen and oxygen atoms in total. The Labute approximate surface area is 58.4 Å². The van der Waals surface area contributed by atoms with Crippen LogP contribution in [0.25, 0.3) is 0 Å². The topological polar surface area (TPSA) is 3.24 Å². The fraction of sp³-hybridized carbons (Fsp3) is 1.00. The molecule has 7 heavy (non-hydrogen) atoms. The number of hydrogen-bond donors (Lipinski definition) is 0. The lowest BCUT2D eigenvalue weighted by atomic mass is 10.4. The summed E-state index contributed by atoms with van der Waals surface area (Å²) in [4.78, 5) is -0.664. The van der Waals surface area contributed by atoms with Crippen LogP contribution in [0, 0.1) is 0 Å². The second-order valence-corrected chi connectivity index (χ2v) is 3.42. The maximum atomic E-state index is 5.53. The van der Waals surface area contributed by atoms with Crippen LogP contribution in [0.4, 0.5) is 0 Å². The summed E-state index contributed by atoms with van der Waals surface area (Å²) in [6, 6.07) is 0. The molecular weight excluding hydrogens is 156 g/mol. The van der Waals surface area contributed by atoms with Crippen molar-refractivity contribution in [3.8, 4) is 0 Å². The summed E-state index contributed by atoms with van der Waals surface area (Å²) in [5.74, 6) is 0. The first-order valence-corrected chi connectivity index (χ1v) is 2.80. The van der Waals surface area contributed by atoms with Gasteiger partial charge in [-0.15, -0.1) is 3.94 Å². The van der Waals surface area contributed by atoms with Gasteiger partial charge in [-0.1, -0.05) is 11.6 Å². The molecule has 0 heterocycles. The Morgan fingerprint density at radius 3 is 1.43 bits per heavy atom. The first-order valence-electron chi connectivity index (χ1n) is 1.75. The fourth-order valence-corrected chi connectivity index (χ4v) is 0. The van der Waals surface area contributed by atoms with E-state index in [4.69, 9.17) is 35.2 Å². The van der Waals surface area contributed by atoms with Crippen LogP contribution in [-0.2, 0) is 0 Å². The van der Waals surface area contributed by atoms with E-state index >= 15 is 0 Å². The molecule has 0 spiro atoms. The van der Waals surface area contributed by atoms with E-state index in [2.05, 4.69) is 0 Å². The van der Waals surface area contributed by atoms with Gasteiger partial charge in [-0.3, -0.25) is 0 Å². The smallest absolute Gasteiger partial charge is 0.111 e. The standard InChI is InChI=1S/C3H6Cl3N/c1-3(2,4)7(5)6/h1-2H3. The molecule has 0 aliphatic carbocycles. The average molecular weight is 162 g/mol. The average Bonchev–Trinajstić information content (AvgIpc) is 1.31. The molecule has 0 aliphatic rings. The van der Waals surface area contributed by atoms with E-state index in [0.717, 1.165) is 3.94 Å². The predicted molar refractivity (Wildman–Crippen MR) is 33.5 cm³/mol. The van der Waals surface area contributed by atoms with Gasteiger partial charge in [0.15, 0.2) is 0 Å². The molecule has 0 saturated carbocycles. The molecule has 0 N–H and O–H groups in total. The third kappa shape index (κ3) is 3.42. The van der Waals surface area contributed by atoms with Crippen LogP contribution in [0.1, 0.15) is 13.8 Å². The van der Waals surface area contributed by atoms with Crippen molar-refractivity contribution in [3.05, 3.63) is 0 Å². The molecule has 4 heteroatoms. The normalized spacial score (nSPS) is 12.9. The molecule has 0 saturated heterocycles. The van der Waals surface area contributed by atoms with E-state index in [-0.39, 0.29) is 0 Å². The van der Waals surface area contributed by atoms with Crippen molar-refractivity contribution in [2.75, 3.05) is 0 Å². The molecule has 0 aromatic heterocycles. The monoisotopic (exact) mass is 161 g/mol. The molecule has 0 rings (SSSR count). The zero-order valence-electron chi connectivity index (χ0n) is 4.08. The van der Waals surface area contributed by atoms with E-state index in [0.29, 0.717) is 0 Å². The maximum Gasteiger partial charge on any atom is 0.120 e. The van der Waals surface area contributed by atoms with Gasteiger partial charge >= 0.3 is 0 Å². The van der Waals surface area contributed by atoms with E-state index in [1.165, 1.54) is 0 Å². The Morgan fingerprint density at radius 1 is 1.29 bits per heavy atom. The van der Waals surface area contributed by atoms with E-state index < -0.39 is 5.00 Å². The number of rotatable bonds is 1. The van der Waals surface area contributed by atoms with Crippen molar-refractivity contribution in [2.24, 2.45) is 0 Å². The second kappa shape index (κ2) is 2.40.